The summed E-state index contributed by atoms with van der Waals surface area (Å²) in [5, 5.41) is 3.65. The van der Waals surface area contributed by atoms with Gasteiger partial charge in [0, 0.05) is 16.6 Å². The van der Waals surface area contributed by atoms with Crippen LogP contribution in [0.4, 0.5) is 5.69 Å². The summed E-state index contributed by atoms with van der Waals surface area (Å²) in [4.78, 5) is 1.32. The van der Waals surface area contributed by atoms with Gasteiger partial charge in [-0.05, 0) is 55.7 Å². The molecule has 0 unspecified atom stereocenters. The van der Waals surface area contributed by atoms with Gasteiger partial charge in [0.15, 0.2) is 0 Å². The zero-order chi connectivity index (χ0) is 13.9. The maximum atomic E-state index is 3.65. The van der Waals surface area contributed by atoms with E-state index in [2.05, 4.69) is 67.0 Å². The van der Waals surface area contributed by atoms with E-state index >= 15 is 0 Å². The van der Waals surface area contributed by atoms with E-state index in [0.29, 0.717) is 6.04 Å². The molecule has 2 aromatic rings. The molecule has 104 valence electrons. The van der Waals surface area contributed by atoms with Crippen LogP contribution < -0.4 is 5.32 Å². The summed E-state index contributed by atoms with van der Waals surface area (Å²) in [5.74, 6) is 0.733. The summed E-state index contributed by atoms with van der Waals surface area (Å²) in [7, 11) is 0. The minimum atomic E-state index is 0.624. The van der Waals surface area contributed by atoms with Crippen LogP contribution in [-0.2, 0) is 0 Å². The van der Waals surface area contributed by atoms with Gasteiger partial charge in [0.1, 0.15) is 0 Å². The van der Waals surface area contributed by atoms with Gasteiger partial charge in [0.05, 0.1) is 0 Å². The predicted molar refractivity (Wildman–Crippen MR) is 88.8 cm³/mol. The Morgan fingerprint density at radius 2 is 1.80 bits per heavy atom. The molecule has 1 aliphatic rings. The second-order valence-corrected chi connectivity index (χ2v) is 6.53. The number of rotatable bonds is 4. The number of anilines is 1. The van der Waals surface area contributed by atoms with E-state index in [0.717, 1.165) is 5.92 Å². The molecule has 1 fully saturated rings. The first-order chi connectivity index (χ1) is 9.74. The highest BCUT2D eigenvalue weighted by Crippen LogP contribution is 2.38. The lowest BCUT2D eigenvalue weighted by atomic mass is 9.75. The van der Waals surface area contributed by atoms with Crippen molar-refractivity contribution >= 4 is 17.4 Å². The van der Waals surface area contributed by atoms with Crippen LogP contribution in [0.3, 0.4) is 0 Å². The van der Waals surface area contributed by atoms with Crippen LogP contribution in [0.15, 0.2) is 53.4 Å². The molecule has 1 saturated carbocycles. The molecule has 0 spiro atoms. The fraction of sp³-hybridized carbons (Fsp3) is 0.333. The van der Waals surface area contributed by atoms with E-state index in [1.165, 1.54) is 34.6 Å². The van der Waals surface area contributed by atoms with Gasteiger partial charge in [-0.25, -0.2) is 0 Å². The maximum Gasteiger partial charge on any atom is 0.0353 e. The molecule has 0 aromatic heterocycles. The second kappa shape index (κ2) is 5.92. The van der Waals surface area contributed by atoms with Crippen LogP contribution in [0.1, 0.15) is 29.9 Å². The molecule has 0 saturated heterocycles. The van der Waals surface area contributed by atoms with Crippen molar-refractivity contribution in [3.05, 3.63) is 59.7 Å². The Balaban J connectivity index is 1.56. The largest absolute Gasteiger partial charge is 0.382 e. The minimum Gasteiger partial charge on any atom is -0.382 e. The van der Waals surface area contributed by atoms with Gasteiger partial charge in [0.2, 0.25) is 0 Å². The Morgan fingerprint density at radius 1 is 1.05 bits per heavy atom. The zero-order valence-electron chi connectivity index (χ0n) is 12.1. The van der Waals surface area contributed by atoms with Gasteiger partial charge < -0.3 is 5.32 Å². The smallest absolute Gasteiger partial charge is 0.0353 e. The number of benzene rings is 2. The van der Waals surface area contributed by atoms with Crippen molar-refractivity contribution in [1.29, 1.82) is 0 Å². The third-order valence-corrected chi connectivity index (χ3v) is 4.85. The third kappa shape index (κ3) is 3.01. The molecule has 0 aliphatic heterocycles. The lowest BCUT2D eigenvalue weighted by Gasteiger charge is -2.37. The molecule has 0 bridgehead atoms. The number of nitrogens with one attached hydrogen (secondary N) is 1. The van der Waals surface area contributed by atoms with E-state index in [9.17, 15) is 0 Å². The summed E-state index contributed by atoms with van der Waals surface area (Å²) in [6.07, 6.45) is 4.61. The maximum absolute atomic E-state index is 3.65. The van der Waals surface area contributed by atoms with Crippen molar-refractivity contribution < 1.29 is 0 Å². The SMILES string of the molecule is CSc1cccc(NC2CC(c3ccc(C)cc3)C2)c1. The van der Waals surface area contributed by atoms with Gasteiger partial charge in [-0.2, -0.15) is 0 Å². The van der Waals surface area contributed by atoms with Crippen LogP contribution in [0.2, 0.25) is 0 Å². The first kappa shape index (κ1) is 13.6. The van der Waals surface area contributed by atoms with Gasteiger partial charge in [0.25, 0.3) is 0 Å². The molecule has 0 amide bonds. The first-order valence-corrected chi connectivity index (χ1v) is 8.44. The molecule has 1 aliphatic carbocycles. The van der Waals surface area contributed by atoms with Crippen molar-refractivity contribution in [3.63, 3.8) is 0 Å². The number of thioether (sulfide) groups is 1. The van der Waals surface area contributed by atoms with Crippen molar-refractivity contribution in [1.82, 2.24) is 0 Å². The normalized spacial score (nSPS) is 21.3. The van der Waals surface area contributed by atoms with Gasteiger partial charge >= 0.3 is 0 Å². The van der Waals surface area contributed by atoms with E-state index in [-0.39, 0.29) is 0 Å². The molecule has 0 atom stereocenters. The molecule has 20 heavy (non-hydrogen) atoms. The van der Waals surface area contributed by atoms with E-state index in [1.807, 2.05) is 0 Å². The predicted octanol–water partition coefficient (Wildman–Crippen LogP) is 5.08. The van der Waals surface area contributed by atoms with Crippen molar-refractivity contribution in [2.45, 2.75) is 36.6 Å². The quantitative estimate of drug-likeness (QED) is 0.786. The standard InChI is InChI=1S/C18H21NS/c1-13-6-8-14(9-7-13)15-10-17(11-15)19-16-4-3-5-18(12-16)20-2/h3-9,12,15,17,19H,10-11H2,1-2H3. The highest BCUT2D eigenvalue weighted by Gasteiger charge is 2.29. The van der Waals surface area contributed by atoms with Crippen LogP contribution in [0.5, 0.6) is 0 Å². The van der Waals surface area contributed by atoms with E-state index in [1.54, 1.807) is 11.8 Å². The van der Waals surface area contributed by atoms with E-state index in [4.69, 9.17) is 0 Å². The summed E-state index contributed by atoms with van der Waals surface area (Å²) in [6, 6.07) is 18.3. The summed E-state index contributed by atoms with van der Waals surface area (Å²) in [5.41, 5.74) is 4.09. The fourth-order valence-electron chi connectivity index (χ4n) is 2.80. The average Bonchev–Trinajstić information content (AvgIpc) is 2.44. The molecule has 0 radical (unpaired) electrons. The summed E-state index contributed by atoms with van der Waals surface area (Å²) >= 11 is 1.79. The van der Waals surface area contributed by atoms with Crippen LogP contribution in [0.25, 0.3) is 0 Å². The average molecular weight is 283 g/mol. The number of hydrogen-bond acceptors (Lipinski definition) is 2. The Kier molecular flexibility index (Phi) is 4.02. The topological polar surface area (TPSA) is 12.0 Å². The minimum absolute atomic E-state index is 0.624. The summed E-state index contributed by atoms with van der Waals surface area (Å²) < 4.78 is 0. The Bertz CT molecular complexity index is 570. The molecule has 2 heteroatoms. The monoisotopic (exact) mass is 283 g/mol. The number of aryl methyl sites for hydroxylation is 1. The molecule has 0 heterocycles. The Labute approximate surface area is 125 Å². The first-order valence-electron chi connectivity index (χ1n) is 7.22. The molecule has 2 aromatic carbocycles. The van der Waals surface area contributed by atoms with Crippen molar-refractivity contribution in [3.8, 4) is 0 Å². The lowest BCUT2D eigenvalue weighted by Crippen LogP contribution is -2.33. The molecule has 3 rings (SSSR count). The van der Waals surface area contributed by atoms with Crippen LogP contribution >= 0.6 is 11.8 Å². The third-order valence-electron chi connectivity index (χ3n) is 4.13. The molecular weight excluding hydrogens is 262 g/mol. The van der Waals surface area contributed by atoms with Gasteiger partial charge in [-0.15, -0.1) is 11.8 Å². The van der Waals surface area contributed by atoms with Crippen molar-refractivity contribution in [2.24, 2.45) is 0 Å². The van der Waals surface area contributed by atoms with Gasteiger partial charge in [-0.3, -0.25) is 0 Å². The van der Waals surface area contributed by atoms with E-state index < -0.39 is 0 Å². The Hall–Kier alpha value is -1.41. The molecular formula is C18H21NS. The Morgan fingerprint density at radius 3 is 2.50 bits per heavy atom. The van der Waals surface area contributed by atoms with Crippen LogP contribution in [-0.4, -0.2) is 12.3 Å². The zero-order valence-corrected chi connectivity index (χ0v) is 12.9. The van der Waals surface area contributed by atoms with Gasteiger partial charge in [-0.1, -0.05) is 35.9 Å². The molecule has 1 nitrogen and oxygen atoms in total. The lowest BCUT2D eigenvalue weighted by molar-refractivity contribution is 0.374. The number of hydrogen-bond donors (Lipinski definition) is 1. The van der Waals surface area contributed by atoms with Crippen molar-refractivity contribution in [2.75, 3.05) is 11.6 Å². The highest BCUT2D eigenvalue weighted by molar-refractivity contribution is 7.98. The second-order valence-electron chi connectivity index (χ2n) is 5.65. The van der Waals surface area contributed by atoms with Crippen LogP contribution in [0, 0.1) is 6.92 Å². The molecule has 1 N–H and O–H groups in total. The fourth-order valence-corrected chi connectivity index (χ4v) is 3.25. The highest BCUT2D eigenvalue weighted by atomic mass is 32.2. The summed E-state index contributed by atoms with van der Waals surface area (Å²) in [6.45, 7) is 2.15.